The lowest BCUT2D eigenvalue weighted by Crippen LogP contribution is -2.59. The van der Waals surface area contributed by atoms with Gasteiger partial charge in [-0.05, 0) is 38.7 Å². The van der Waals surface area contributed by atoms with Crippen LogP contribution in [-0.2, 0) is 4.79 Å². The summed E-state index contributed by atoms with van der Waals surface area (Å²) in [6.07, 6.45) is 1.52. The molecule has 7 heteroatoms. The number of aromatic nitrogens is 2. The minimum atomic E-state index is -1.23. The summed E-state index contributed by atoms with van der Waals surface area (Å²) < 4.78 is 0. The van der Waals surface area contributed by atoms with Crippen molar-refractivity contribution < 1.29 is 14.7 Å². The highest BCUT2D eigenvalue weighted by Gasteiger charge is 2.46. The summed E-state index contributed by atoms with van der Waals surface area (Å²) in [4.78, 5) is 35.0. The van der Waals surface area contributed by atoms with E-state index in [0.29, 0.717) is 24.1 Å². The molecule has 7 nitrogen and oxygen atoms in total. The summed E-state index contributed by atoms with van der Waals surface area (Å²) in [5.74, 6) is -1.72. The molecule has 1 fully saturated rings. The molecule has 3 N–H and O–H groups in total. The van der Waals surface area contributed by atoms with Crippen LogP contribution < -0.4 is 10.9 Å². The summed E-state index contributed by atoms with van der Waals surface area (Å²) >= 11 is 0. The topological polar surface area (TPSA) is 112 Å². The van der Waals surface area contributed by atoms with Crippen molar-refractivity contribution in [2.24, 2.45) is 0 Å². The predicted molar refractivity (Wildman–Crippen MR) is 66.0 cm³/mol. The third-order valence-corrected chi connectivity index (χ3v) is 3.67. The number of nitrogens with one attached hydrogen (secondary N) is 2. The SMILES string of the molecule is Cc1n[nH]c(=O)c(C(=O)NC2(C(=O)O)CCC2)c1C. The molecule has 0 aliphatic heterocycles. The summed E-state index contributed by atoms with van der Waals surface area (Å²) in [6, 6.07) is 0. The highest BCUT2D eigenvalue weighted by atomic mass is 16.4. The van der Waals surface area contributed by atoms with Crippen molar-refractivity contribution in [3.63, 3.8) is 0 Å². The Labute approximate surface area is 109 Å². The Morgan fingerprint density at radius 1 is 1.37 bits per heavy atom. The monoisotopic (exact) mass is 265 g/mol. The Balaban J connectivity index is 2.34. The lowest BCUT2D eigenvalue weighted by atomic mass is 9.76. The van der Waals surface area contributed by atoms with Crippen molar-refractivity contribution >= 4 is 11.9 Å². The Morgan fingerprint density at radius 2 is 2.00 bits per heavy atom. The Hall–Kier alpha value is -2.18. The van der Waals surface area contributed by atoms with Crippen molar-refractivity contribution in [3.05, 3.63) is 27.2 Å². The lowest BCUT2D eigenvalue weighted by molar-refractivity contribution is -0.148. The molecule has 0 radical (unpaired) electrons. The standard InChI is InChI=1S/C12H15N3O4/c1-6-7(2)14-15-10(17)8(6)9(16)13-12(11(18)19)4-3-5-12/h3-5H2,1-2H3,(H,13,16)(H,15,17)(H,18,19). The molecule has 102 valence electrons. The minimum Gasteiger partial charge on any atom is -0.480 e. The van der Waals surface area contributed by atoms with Crippen molar-refractivity contribution in [3.8, 4) is 0 Å². The van der Waals surface area contributed by atoms with Crippen LogP contribution in [-0.4, -0.2) is 32.7 Å². The van der Waals surface area contributed by atoms with Crippen LogP contribution in [0.2, 0.25) is 0 Å². The summed E-state index contributed by atoms with van der Waals surface area (Å²) in [5, 5.41) is 17.6. The number of amides is 1. The highest BCUT2D eigenvalue weighted by Crippen LogP contribution is 2.32. The van der Waals surface area contributed by atoms with Gasteiger partial charge in [0.15, 0.2) is 0 Å². The van der Waals surface area contributed by atoms with E-state index in [1.165, 1.54) is 0 Å². The molecule has 1 heterocycles. The molecule has 1 saturated carbocycles. The molecule has 0 saturated heterocycles. The average Bonchev–Trinajstić information content (AvgIpc) is 2.28. The molecule has 0 aromatic carbocycles. The number of carbonyl (C=O) groups is 2. The number of carbonyl (C=O) groups excluding carboxylic acids is 1. The molecular formula is C12H15N3O4. The zero-order valence-corrected chi connectivity index (χ0v) is 10.7. The molecule has 1 aromatic rings. The maximum Gasteiger partial charge on any atom is 0.329 e. The first-order valence-corrected chi connectivity index (χ1v) is 5.99. The first-order valence-electron chi connectivity index (χ1n) is 5.99. The lowest BCUT2D eigenvalue weighted by Gasteiger charge is -2.38. The molecule has 0 atom stereocenters. The molecular weight excluding hydrogens is 250 g/mol. The van der Waals surface area contributed by atoms with Crippen molar-refractivity contribution in [2.45, 2.75) is 38.6 Å². The van der Waals surface area contributed by atoms with E-state index in [2.05, 4.69) is 15.5 Å². The molecule has 19 heavy (non-hydrogen) atoms. The number of nitrogens with zero attached hydrogens (tertiary/aromatic N) is 1. The Morgan fingerprint density at radius 3 is 2.47 bits per heavy atom. The minimum absolute atomic E-state index is 0.0694. The maximum absolute atomic E-state index is 12.1. The normalized spacial score (nSPS) is 16.5. The number of rotatable bonds is 3. The van der Waals surface area contributed by atoms with Crippen LogP contribution in [0.5, 0.6) is 0 Å². The zero-order valence-electron chi connectivity index (χ0n) is 10.7. The fourth-order valence-electron chi connectivity index (χ4n) is 2.10. The van der Waals surface area contributed by atoms with E-state index in [4.69, 9.17) is 5.11 Å². The average molecular weight is 265 g/mol. The summed E-state index contributed by atoms with van der Waals surface area (Å²) in [5.41, 5.74) is -0.919. The van der Waals surface area contributed by atoms with E-state index in [0.717, 1.165) is 6.42 Å². The van der Waals surface area contributed by atoms with Crippen molar-refractivity contribution in [1.82, 2.24) is 15.5 Å². The molecule has 0 spiro atoms. The molecule has 1 amide bonds. The van der Waals surface area contributed by atoms with Gasteiger partial charge in [-0.25, -0.2) is 9.89 Å². The number of aliphatic carboxylic acids is 1. The van der Waals surface area contributed by atoms with Crippen molar-refractivity contribution in [1.29, 1.82) is 0 Å². The van der Waals surface area contributed by atoms with Gasteiger partial charge in [-0.15, -0.1) is 0 Å². The molecule has 2 rings (SSSR count). The van der Waals surface area contributed by atoms with Gasteiger partial charge in [-0.3, -0.25) is 9.59 Å². The number of carboxylic acid groups (broad SMARTS) is 1. The molecule has 1 aliphatic rings. The second-order valence-corrected chi connectivity index (χ2v) is 4.83. The largest absolute Gasteiger partial charge is 0.480 e. The molecule has 1 aromatic heterocycles. The second-order valence-electron chi connectivity index (χ2n) is 4.83. The number of aryl methyl sites for hydroxylation is 1. The Kier molecular flexibility index (Phi) is 3.13. The van der Waals surface area contributed by atoms with Crippen LogP contribution >= 0.6 is 0 Å². The van der Waals surface area contributed by atoms with Gasteiger partial charge in [-0.2, -0.15) is 5.10 Å². The van der Waals surface area contributed by atoms with E-state index in [1.807, 2.05) is 0 Å². The fraction of sp³-hybridized carbons (Fsp3) is 0.500. The number of H-pyrrole nitrogens is 1. The van der Waals surface area contributed by atoms with Crippen LogP contribution in [0.15, 0.2) is 4.79 Å². The first-order chi connectivity index (χ1) is 8.87. The van der Waals surface area contributed by atoms with Crippen LogP contribution in [0.4, 0.5) is 0 Å². The Bertz CT molecular complexity index is 601. The molecule has 0 bridgehead atoms. The van der Waals surface area contributed by atoms with E-state index in [1.54, 1.807) is 13.8 Å². The van der Waals surface area contributed by atoms with Gasteiger partial charge in [0.25, 0.3) is 11.5 Å². The van der Waals surface area contributed by atoms with Gasteiger partial charge >= 0.3 is 5.97 Å². The third-order valence-electron chi connectivity index (χ3n) is 3.67. The second kappa shape index (κ2) is 4.49. The zero-order chi connectivity index (χ0) is 14.2. The number of aromatic amines is 1. The summed E-state index contributed by atoms with van der Waals surface area (Å²) in [7, 11) is 0. The van der Waals surface area contributed by atoms with Crippen LogP contribution in [0.3, 0.4) is 0 Å². The fourth-order valence-corrected chi connectivity index (χ4v) is 2.10. The highest BCUT2D eigenvalue weighted by molar-refractivity contribution is 5.99. The smallest absolute Gasteiger partial charge is 0.329 e. The molecule has 1 aliphatic carbocycles. The molecule has 0 unspecified atom stereocenters. The van der Waals surface area contributed by atoms with E-state index in [-0.39, 0.29) is 5.56 Å². The summed E-state index contributed by atoms with van der Waals surface area (Å²) in [6.45, 7) is 3.28. The van der Waals surface area contributed by atoms with Gasteiger partial charge in [-0.1, -0.05) is 0 Å². The van der Waals surface area contributed by atoms with Gasteiger partial charge in [0.1, 0.15) is 11.1 Å². The van der Waals surface area contributed by atoms with Crippen molar-refractivity contribution in [2.75, 3.05) is 0 Å². The number of hydrogen-bond acceptors (Lipinski definition) is 4. The van der Waals surface area contributed by atoms with E-state index < -0.39 is 23.0 Å². The predicted octanol–water partition coefficient (Wildman–Crippen LogP) is 0.124. The van der Waals surface area contributed by atoms with Crippen LogP contribution in [0.25, 0.3) is 0 Å². The van der Waals surface area contributed by atoms with Gasteiger partial charge in [0.05, 0.1) is 5.69 Å². The van der Waals surface area contributed by atoms with Gasteiger partial charge in [0, 0.05) is 0 Å². The van der Waals surface area contributed by atoms with Crippen LogP contribution in [0.1, 0.15) is 40.9 Å². The first kappa shape index (κ1) is 13.3. The van der Waals surface area contributed by atoms with E-state index >= 15 is 0 Å². The maximum atomic E-state index is 12.1. The third kappa shape index (κ3) is 2.11. The number of hydrogen-bond donors (Lipinski definition) is 3. The number of carboxylic acids is 1. The van der Waals surface area contributed by atoms with E-state index in [9.17, 15) is 14.4 Å². The van der Waals surface area contributed by atoms with Crippen LogP contribution in [0, 0.1) is 13.8 Å². The quantitative estimate of drug-likeness (QED) is 0.718. The van der Waals surface area contributed by atoms with Gasteiger partial charge in [0.2, 0.25) is 0 Å². The van der Waals surface area contributed by atoms with Gasteiger partial charge < -0.3 is 10.4 Å².